The molecule has 1 atom stereocenters. The maximum Gasteiger partial charge on any atom is 0.329 e. The van der Waals surface area contributed by atoms with Gasteiger partial charge in [-0.1, -0.05) is 54.1 Å². The normalized spacial score (nSPS) is 18.8. The van der Waals surface area contributed by atoms with Gasteiger partial charge in [0.05, 0.1) is 18.8 Å². The van der Waals surface area contributed by atoms with Gasteiger partial charge in [0.15, 0.2) is 0 Å². The lowest BCUT2D eigenvalue weighted by atomic mass is 9.82. The van der Waals surface area contributed by atoms with E-state index in [0.29, 0.717) is 35.0 Å². The molecule has 3 aromatic rings. The van der Waals surface area contributed by atoms with E-state index in [1.807, 2.05) is 53.2 Å². The second kappa shape index (κ2) is 12.7. The van der Waals surface area contributed by atoms with Crippen LogP contribution in [-0.2, 0) is 27.3 Å². The number of aromatic nitrogens is 2. The predicted molar refractivity (Wildman–Crippen MR) is 140 cm³/mol. The summed E-state index contributed by atoms with van der Waals surface area (Å²) in [6.07, 6.45) is 3.82. The fourth-order valence-corrected chi connectivity index (χ4v) is 6.16. The number of aliphatic hydroxyl groups is 1. The molecule has 2 aromatic carbocycles. The number of benzene rings is 2. The first-order valence-electron chi connectivity index (χ1n) is 12.2. The Morgan fingerprint density at radius 1 is 1.08 bits per heavy atom. The smallest absolute Gasteiger partial charge is 0.329 e. The fourth-order valence-electron chi connectivity index (χ4n) is 4.82. The summed E-state index contributed by atoms with van der Waals surface area (Å²) in [5.41, 5.74) is 3.29. The van der Waals surface area contributed by atoms with Gasteiger partial charge in [0.2, 0.25) is 0 Å². The Labute approximate surface area is 219 Å². The van der Waals surface area contributed by atoms with Crippen LogP contribution < -0.4 is 0 Å². The van der Waals surface area contributed by atoms with Gasteiger partial charge in [0.25, 0.3) is 5.03 Å². The number of nitrogens with zero attached hydrogens (tertiary/aromatic N) is 2. The molecule has 1 heterocycles. The van der Waals surface area contributed by atoms with Gasteiger partial charge in [-0.05, 0) is 55.2 Å². The topological polar surface area (TPSA) is 108 Å². The van der Waals surface area contributed by atoms with Crippen molar-refractivity contribution in [2.24, 2.45) is 11.8 Å². The van der Waals surface area contributed by atoms with E-state index >= 15 is 0 Å². The molecule has 1 aliphatic rings. The summed E-state index contributed by atoms with van der Waals surface area (Å²) < 4.78 is 20.6. The first-order chi connectivity index (χ1) is 17.5. The maximum absolute atomic E-state index is 13.4. The third kappa shape index (κ3) is 6.69. The standard InChI is InChI=1S/C27H31ClN2O5S/c28-23-8-4-7-22(15-23)25-26(21-5-2-1-3-6-21)29-30(27(25)36(34)14-13-31)16-19-9-11-20(12-10-19)17-35-18-24(32)33/h1-8,15,19-20,31H,9-14,16-18H2,(H,32,33). The Bertz CT molecular complexity index is 1150. The highest BCUT2D eigenvalue weighted by Gasteiger charge is 2.31. The van der Waals surface area contributed by atoms with Crippen LogP contribution in [0.25, 0.3) is 22.4 Å². The van der Waals surface area contributed by atoms with E-state index in [1.54, 1.807) is 6.07 Å². The monoisotopic (exact) mass is 530 g/mol. The van der Waals surface area contributed by atoms with Gasteiger partial charge >= 0.3 is 5.97 Å². The maximum atomic E-state index is 13.4. The average molecular weight is 531 g/mol. The van der Waals surface area contributed by atoms with Crippen LogP contribution in [0, 0.1) is 11.8 Å². The molecule has 1 saturated carbocycles. The zero-order valence-electron chi connectivity index (χ0n) is 20.0. The van der Waals surface area contributed by atoms with E-state index in [1.165, 1.54) is 0 Å². The van der Waals surface area contributed by atoms with Gasteiger partial charge in [-0.3, -0.25) is 0 Å². The third-order valence-corrected chi connectivity index (χ3v) is 8.17. The second-order valence-electron chi connectivity index (χ2n) is 9.16. The van der Waals surface area contributed by atoms with E-state index in [0.717, 1.165) is 48.1 Å². The first kappa shape index (κ1) is 26.7. The Morgan fingerprint density at radius 2 is 1.78 bits per heavy atom. The Kier molecular flexibility index (Phi) is 9.45. The minimum Gasteiger partial charge on any atom is -0.610 e. The van der Waals surface area contributed by atoms with E-state index in [9.17, 15) is 14.5 Å². The Balaban J connectivity index is 1.65. The summed E-state index contributed by atoms with van der Waals surface area (Å²) in [4.78, 5) is 10.7. The van der Waals surface area contributed by atoms with Gasteiger partial charge in [0.1, 0.15) is 18.1 Å². The summed E-state index contributed by atoms with van der Waals surface area (Å²) in [5, 5.41) is 24.5. The summed E-state index contributed by atoms with van der Waals surface area (Å²) in [6.45, 7) is 0.635. The van der Waals surface area contributed by atoms with Crippen LogP contribution in [-0.4, -0.2) is 56.1 Å². The number of aliphatic hydroxyl groups excluding tert-OH is 1. The molecule has 0 saturated heterocycles. The van der Waals surface area contributed by atoms with Crippen molar-refractivity contribution >= 4 is 28.7 Å². The van der Waals surface area contributed by atoms with Gasteiger partial charge in [0, 0.05) is 28.3 Å². The van der Waals surface area contributed by atoms with Crippen LogP contribution in [0.15, 0.2) is 59.6 Å². The molecule has 1 aliphatic carbocycles. The van der Waals surface area contributed by atoms with Crippen molar-refractivity contribution in [2.75, 3.05) is 25.6 Å². The fraction of sp³-hybridized carbons (Fsp3) is 0.407. The van der Waals surface area contributed by atoms with Crippen LogP contribution in [0.2, 0.25) is 5.02 Å². The van der Waals surface area contributed by atoms with Crippen molar-refractivity contribution in [3.05, 3.63) is 59.6 Å². The molecule has 9 heteroatoms. The Hall–Kier alpha value is -2.36. The van der Waals surface area contributed by atoms with Crippen LogP contribution in [0.3, 0.4) is 0 Å². The summed E-state index contributed by atoms with van der Waals surface area (Å²) in [5.74, 6) is -0.124. The first-order valence-corrected chi connectivity index (χ1v) is 13.9. The molecule has 0 aliphatic heterocycles. The van der Waals surface area contributed by atoms with E-state index in [4.69, 9.17) is 26.5 Å². The SMILES string of the molecule is O=C(O)COCC1CCC(Cn2nc(-c3ccccc3)c(-c3cccc(Cl)c3)c2[S+]([O-])CCO)CC1. The molecular formula is C27H31ClN2O5S. The number of carboxylic acid groups (broad SMARTS) is 1. The van der Waals surface area contributed by atoms with E-state index < -0.39 is 17.1 Å². The van der Waals surface area contributed by atoms with E-state index in [2.05, 4.69) is 0 Å². The van der Waals surface area contributed by atoms with Crippen molar-refractivity contribution in [1.82, 2.24) is 9.78 Å². The summed E-state index contributed by atoms with van der Waals surface area (Å²) in [6, 6.07) is 17.3. The van der Waals surface area contributed by atoms with Crippen molar-refractivity contribution < 1.29 is 24.3 Å². The molecule has 0 radical (unpaired) electrons. The average Bonchev–Trinajstić information content (AvgIpc) is 3.25. The minimum absolute atomic E-state index is 0.126. The van der Waals surface area contributed by atoms with E-state index in [-0.39, 0.29) is 19.0 Å². The van der Waals surface area contributed by atoms with Crippen LogP contribution in [0.1, 0.15) is 25.7 Å². The molecular weight excluding hydrogens is 500 g/mol. The zero-order valence-corrected chi connectivity index (χ0v) is 21.6. The molecule has 1 aromatic heterocycles. The van der Waals surface area contributed by atoms with Crippen molar-refractivity contribution in [2.45, 2.75) is 37.3 Å². The molecule has 0 bridgehead atoms. The quantitative estimate of drug-likeness (QED) is 0.342. The molecule has 1 fully saturated rings. The highest BCUT2D eigenvalue weighted by molar-refractivity contribution is 7.91. The van der Waals surface area contributed by atoms with Crippen molar-refractivity contribution in [1.29, 1.82) is 0 Å². The lowest BCUT2D eigenvalue weighted by molar-refractivity contribution is -0.142. The number of carbonyl (C=O) groups is 1. The highest BCUT2D eigenvalue weighted by atomic mass is 35.5. The number of carboxylic acids is 1. The number of hydrogen-bond acceptors (Lipinski definition) is 5. The molecule has 1 unspecified atom stereocenters. The van der Waals surface area contributed by atoms with Gasteiger partial charge < -0.3 is 19.5 Å². The van der Waals surface area contributed by atoms with Gasteiger partial charge in [-0.2, -0.15) is 5.10 Å². The van der Waals surface area contributed by atoms with Crippen LogP contribution in [0.5, 0.6) is 0 Å². The summed E-state index contributed by atoms with van der Waals surface area (Å²) >= 11 is 4.87. The minimum atomic E-state index is -1.45. The van der Waals surface area contributed by atoms with Crippen LogP contribution in [0.4, 0.5) is 0 Å². The molecule has 4 rings (SSSR count). The number of rotatable bonds is 11. The molecule has 7 nitrogen and oxygen atoms in total. The number of halogens is 1. The molecule has 36 heavy (non-hydrogen) atoms. The summed E-state index contributed by atoms with van der Waals surface area (Å²) in [7, 11) is 0. The van der Waals surface area contributed by atoms with Crippen molar-refractivity contribution in [3.8, 4) is 22.4 Å². The highest BCUT2D eigenvalue weighted by Crippen LogP contribution is 2.39. The number of hydrogen-bond donors (Lipinski definition) is 2. The molecule has 2 N–H and O–H groups in total. The van der Waals surface area contributed by atoms with Gasteiger partial charge in [-0.15, -0.1) is 0 Å². The van der Waals surface area contributed by atoms with Crippen LogP contribution >= 0.6 is 11.6 Å². The van der Waals surface area contributed by atoms with Crippen molar-refractivity contribution in [3.63, 3.8) is 0 Å². The number of ether oxygens (including phenoxy) is 1. The third-order valence-electron chi connectivity index (χ3n) is 6.54. The Morgan fingerprint density at radius 3 is 2.44 bits per heavy atom. The largest absolute Gasteiger partial charge is 0.610 e. The molecule has 0 spiro atoms. The van der Waals surface area contributed by atoms with Gasteiger partial charge in [-0.25, -0.2) is 9.48 Å². The lowest BCUT2D eigenvalue weighted by Gasteiger charge is -2.28. The second-order valence-corrected chi connectivity index (χ2v) is 11.1. The predicted octanol–water partition coefficient (Wildman–Crippen LogP) is 4.88. The molecule has 192 valence electrons. The zero-order chi connectivity index (χ0) is 25.5. The number of aliphatic carboxylic acids is 1. The molecule has 0 amide bonds. The lowest BCUT2D eigenvalue weighted by Crippen LogP contribution is -2.25.